The molecule has 0 aromatic heterocycles. The van der Waals surface area contributed by atoms with E-state index in [1.54, 1.807) is 0 Å². The van der Waals surface area contributed by atoms with Crippen LogP contribution in [-0.4, -0.2) is 11.1 Å². The number of carboxylic acids is 1. The van der Waals surface area contributed by atoms with Crippen LogP contribution in [0.15, 0.2) is 43.0 Å². The predicted molar refractivity (Wildman–Crippen MR) is 81.4 cm³/mol. The van der Waals surface area contributed by atoms with Crippen LogP contribution in [0.5, 0.6) is 5.75 Å². The third-order valence-electron chi connectivity index (χ3n) is 3.93. The Bertz CT molecular complexity index is 744. The first-order chi connectivity index (χ1) is 10.1. The van der Waals surface area contributed by atoms with Crippen molar-refractivity contribution in [3.8, 4) is 5.75 Å². The van der Waals surface area contributed by atoms with Crippen molar-refractivity contribution in [1.82, 2.24) is 0 Å². The van der Waals surface area contributed by atoms with Gasteiger partial charge in [0.15, 0.2) is 0 Å². The Labute approximate surface area is 123 Å². The standard InChI is InChI=1S/C18H16O3/c1-11-13(10-18(19)20)7-8-17-16(11)9-14-5-3-4-6-15(14)12(2)21-17/h3-8H,2,9-10H2,1H3,(H,19,20). The van der Waals surface area contributed by atoms with Crippen LogP contribution < -0.4 is 4.74 Å². The Kier molecular flexibility index (Phi) is 3.26. The summed E-state index contributed by atoms with van der Waals surface area (Å²) >= 11 is 0. The molecule has 0 spiro atoms. The van der Waals surface area contributed by atoms with E-state index < -0.39 is 5.97 Å². The fraction of sp³-hybridized carbons (Fsp3) is 0.167. The van der Waals surface area contributed by atoms with Gasteiger partial charge in [-0.05, 0) is 29.7 Å². The minimum atomic E-state index is -0.822. The molecule has 2 aromatic rings. The van der Waals surface area contributed by atoms with Gasteiger partial charge < -0.3 is 9.84 Å². The Morgan fingerprint density at radius 1 is 1.29 bits per heavy atom. The molecule has 1 heterocycles. The quantitative estimate of drug-likeness (QED) is 0.914. The molecular weight excluding hydrogens is 264 g/mol. The summed E-state index contributed by atoms with van der Waals surface area (Å²) in [5.74, 6) is 0.579. The zero-order valence-electron chi connectivity index (χ0n) is 11.8. The summed E-state index contributed by atoms with van der Waals surface area (Å²) in [5.41, 5.74) is 5.01. The molecule has 0 fully saturated rings. The fourth-order valence-corrected chi connectivity index (χ4v) is 2.77. The van der Waals surface area contributed by atoms with Gasteiger partial charge >= 0.3 is 5.97 Å². The van der Waals surface area contributed by atoms with Crippen LogP contribution in [-0.2, 0) is 17.6 Å². The van der Waals surface area contributed by atoms with Crippen LogP contribution in [0.2, 0.25) is 0 Å². The Morgan fingerprint density at radius 2 is 2.05 bits per heavy atom. The minimum absolute atomic E-state index is 0.0295. The van der Waals surface area contributed by atoms with E-state index in [2.05, 4.69) is 12.6 Å². The van der Waals surface area contributed by atoms with Crippen molar-refractivity contribution in [2.24, 2.45) is 0 Å². The van der Waals surface area contributed by atoms with Gasteiger partial charge in [0.05, 0.1) is 6.42 Å². The molecule has 3 heteroatoms. The summed E-state index contributed by atoms with van der Waals surface area (Å²) in [6.45, 7) is 5.95. The molecule has 0 amide bonds. The molecule has 106 valence electrons. The Morgan fingerprint density at radius 3 is 2.81 bits per heavy atom. The van der Waals surface area contributed by atoms with E-state index in [-0.39, 0.29) is 6.42 Å². The van der Waals surface area contributed by atoms with Gasteiger partial charge in [-0.3, -0.25) is 4.79 Å². The maximum Gasteiger partial charge on any atom is 0.307 e. The van der Waals surface area contributed by atoms with E-state index in [1.165, 1.54) is 0 Å². The average Bonchev–Trinajstić information content (AvgIpc) is 2.59. The van der Waals surface area contributed by atoms with Crippen molar-refractivity contribution in [3.05, 3.63) is 70.8 Å². The summed E-state index contributed by atoms with van der Waals surface area (Å²) in [4.78, 5) is 11.0. The van der Waals surface area contributed by atoms with Gasteiger partial charge in [-0.2, -0.15) is 0 Å². The molecule has 0 saturated carbocycles. The lowest BCUT2D eigenvalue weighted by atomic mass is 9.93. The van der Waals surface area contributed by atoms with Crippen LogP contribution in [0.25, 0.3) is 5.76 Å². The number of rotatable bonds is 2. The highest BCUT2D eigenvalue weighted by atomic mass is 16.5. The maximum atomic E-state index is 11.0. The summed E-state index contributed by atoms with van der Waals surface area (Å²) in [6.07, 6.45) is 0.755. The molecule has 2 aromatic carbocycles. The topological polar surface area (TPSA) is 46.5 Å². The van der Waals surface area contributed by atoms with Crippen molar-refractivity contribution in [3.63, 3.8) is 0 Å². The zero-order valence-corrected chi connectivity index (χ0v) is 11.8. The van der Waals surface area contributed by atoms with E-state index >= 15 is 0 Å². The van der Waals surface area contributed by atoms with Crippen molar-refractivity contribution < 1.29 is 14.6 Å². The Balaban J connectivity index is 2.12. The second-order valence-corrected chi connectivity index (χ2v) is 5.26. The first-order valence-corrected chi connectivity index (χ1v) is 6.84. The first kappa shape index (κ1) is 13.4. The van der Waals surface area contributed by atoms with Crippen molar-refractivity contribution >= 4 is 11.7 Å². The highest BCUT2D eigenvalue weighted by Crippen LogP contribution is 2.35. The number of hydrogen-bond acceptors (Lipinski definition) is 2. The van der Waals surface area contributed by atoms with E-state index in [0.717, 1.165) is 40.0 Å². The molecule has 0 unspecified atom stereocenters. The molecule has 0 atom stereocenters. The van der Waals surface area contributed by atoms with Gasteiger partial charge in [-0.25, -0.2) is 0 Å². The van der Waals surface area contributed by atoms with Gasteiger partial charge in [0, 0.05) is 17.5 Å². The number of fused-ring (bicyclic) bond motifs is 2. The van der Waals surface area contributed by atoms with Crippen LogP contribution >= 0.6 is 0 Å². The van der Waals surface area contributed by atoms with E-state index in [1.807, 2.05) is 37.3 Å². The van der Waals surface area contributed by atoms with Crippen molar-refractivity contribution in [2.45, 2.75) is 19.8 Å². The normalized spacial score (nSPS) is 12.9. The minimum Gasteiger partial charge on any atom is -0.481 e. The SMILES string of the molecule is C=C1Oc2ccc(CC(=O)O)c(C)c2Cc2ccccc21. The molecular formula is C18H16O3. The second-order valence-electron chi connectivity index (χ2n) is 5.26. The molecule has 0 radical (unpaired) electrons. The molecule has 3 rings (SSSR count). The number of hydrogen-bond donors (Lipinski definition) is 1. The number of carboxylic acid groups (broad SMARTS) is 1. The van der Waals surface area contributed by atoms with Crippen LogP contribution in [0.1, 0.15) is 27.8 Å². The van der Waals surface area contributed by atoms with Crippen molar-refractivity contribution in [2.75, 3.05) is 0 Å². The highest BCUT2D eigenvalue weighted by molar-refractivity contribution is 5.72. The average molecular weight is 280 g/mol. The van der Waals surface area contributed by atoms with Gasteiger partial charge in [-0.1, -0.05) is 36.9 Å². The molecule has 0 aliphatic carbocycles. The number of ether oxygens (including phenoxy) is 1. The van der Waals surface area contributed by atoms with Gasteiger partial charge in [-0.15, -0.1) is 0 Å². The lowest BCUT2D eigenvalue weighted by molar-refractivity contribution is -0.136. The first-order valence-electron chi connectivity index (χ1n) is 6.84. The van der Waals surface area contributed by atoms with Gasteiger partial charge in [0.1, 0.15) is 11.5 Å². The van der Waals surface area contributed by atoms with Crippen molar-refractivity contribution in [1.29, 1.82) is 0 Å². The zero-order chi connectivity index (χ0) is 15.0. The molecule has 1 aliphatic rings. The van der Waals surface area contributed by atoms with Crippen LogP contribution in [0.3, 0.4) is 0 Å². The number of benzene rings is 2. The molecule has 21 heavy (non-hydrogen) atoms. The Hall–Kier alpha value is -2.55. The predicted octanol–water partition coefficient (Wildman–Crippen LogP) is 3.58. The molecule has 3 nitrogen and oxygen atoms in total. The van der Waals surface area contributed by atoms with Gasteiger partial charge in [0.2, 0.25) is 0 Å². The lowest BCUT2D eigenvalue weighted by Crippen LogP contribution is -2.05. The third-order valence-corrected chi connectivity index (χ3v) is 3.93. The highest BCUT2D eigenvalue weighted by Gasteiger charge is 2.20. The monoisotopic (exact) mass is 280 g/mol. The summed E-state index contributed by atoms with van der Waals surface area (Å²) in [5, 5.41) is 9.01. The third kappa shape index (κ3) is 2.42. The van der Waals surface area contributed by atoms with E-state index in [0.29, 0.717) is 5.76 Å². The molecule has 0 saturated heterocycles. The molecule has 0 bridgehead atoms. The summed E-state index contributed by atoms with van der Waals surface area (Å²) < 4.78 is 5.88. The number of carbonyl (C=O) groups is 1. The van der Waals surface area contributed by atoms with Crippen LogP contribution in [0.4, 0.5) is 0 Å². The molecule has 1 aliphatic heterocycles. The second kappa shape index (κ2) is 5.09. The largest absolute Gasteiger partial charge is 0.481 e. The van der Waals surface area contributed by atoms with E-state index in [4.69, 9.17) is 9.84 Å². The smallest absolute Gasteiger partial charge is 0.307 e. The fourth-order valence-electron chi connectivity index (χ4n) is 2.77. The van der Waals surface area contributed by atoms with Gasteiger partial charge in [0.25, 0.3) is 0 Å². The maximum absolute atomic E-state index is 11.0. The lowest BCUT2D eigenvalue weighted by Gasteiger charge is -2.13. The summed E-state index contributed by atoms with van der Waals surface area (Å²) in [7, 11) is 0. The number of aliphatic carboxylic acids is 1. The van der Waals surface area contributed by atoms with Crippen LogP contribution in [0, 0.1) is 6.92 Å². The van der Waals surface area contributed by atoms with E-state index in [9.17, 15) is 4.79 Å². The summed E-state index contributed by atoms with van der Waals surface area (Å²) in [6, 6.07) is 11.7. The molecule has 1 N–H and O–H groups in total.